The van der Waals surface area contributed by atoms with E-state index in [0.717, 1.165) is 7.05 Å². The van der Waals surface area contributed by atoms with Crippen LogP contribution in [-0.2, 0) is 13.2 Å². The molecule has 1 heterocycles. The van der Waals surface area contributed by atoms with Gasteiger partial charge in [0.1, 0.15) is 11.4 Å². The normalized spacial score (nSPS) is 11.7. The lowest BCUT2D eigenvalue weighted by molar-refractivity contribution is -0.143. The van der Waals surface area contributed by atoms with Gasteiger partial charge in [0, 0.05) is 13.1 Å². The molecule has 0 amide bonds. The Bertz CT molecular complexity index is 380. The molecule has 0 radical (unpaired) electrons. The quantitative estimate of drug-likeness (QED) is 0.735. The van der Waals surface area contributed by atoms with Gasteiger partial charge in [-0.25, -0.2) is 4.79 Å². The first kappa shape index (κ1) is 10.4. The Balaban J connectivity index is 3.39. The predicted octanol–water partition coefficient (Wildman–Crippen LogP) is 1.45. The molecule has 0 aliphatic carbocycles. The van der Waals surface area contributed by atoms with Crippen molar-refractivity contribution in [2.45, 2.75) is 6.18 Å². The maximum atomic E-state index is 12.2. The molecule has 0 aliphatic heterocycles. The molecule has 0 unspecified atom stereocenters. The average Bonchev–Trinajstić information content (AvgIpc) is 2.24. The molecule has 14 heavy (non-hydrogen) atoms. The zero-order chi connectivity index (χ0) is 11.1. The van der Waals surface area contributed by atoms with Crippen LogP contribution in [0.15, 0.2) is 6.07 Å². The van der Waals surface area contributed by atoms with Gasteiger partial charge in [-0.05, 0) is 0 Å². The number of hydrogen-bond donors (Lipinski definition) is 2. The molecular weight excluding hydrogens is 203 g/mol. The van der Waals surface area contributed by atoms with Crippen LogP contribution in [-0.4, -0.2) is 20.7 Å². The first-order valence-corrected chi connectivity index (χ1v) is 3.44. The van der Waals surface area contributed by atoms with Gasteiger partial charge in [-0.15, -0.1) is 0 Å². The van der Waals surface area contributed by atoms with Crippen LogP contribution in [0.1, 0.15) is 16.2 Å². The van der Waals surface area contributed by atoms with E-state index < -0.39 is 29.3 Å². The Kier molecular flexibility index (Phi) is 2.18. The summed E-state index contributed by atoms with van der Waals surface area (Å²) in [6, 6.07) is 0.378. The van der Waals surface area contributed by atoms with Crippen molar-refractivity contribution in [2.75, 3.05) is 0 Å². The zero-order valence-electron chi connectivity index (χ0n) is 6.96. The Morgan fingerprint density at radius 3 is 2.21 bits per heavy atom. The van der Waals surface area contributed by atoms with E-state index >= 15 is 0 Å². The number of carboxylic acid groups (broad SMARTS) is 1. The Hall–Kier alpha value is -1.66. The first-order chi connectivity index (χ1) is 6.25. The lowest BCUT2D eigenvalue weighted by atomic mass is 10.4. The fourth-order valence-electron chi connectivity index (χ4n) is 1.11. The maximum Gasteiger partial charge on any atom is 0.431 e. The minimum absolute atomic E-state index is 0.378. The van der Waals surface area contributed by atoms with Crippen molar-refractivity contribution in [3.63, 3.8) is 0 Å². The van der Waals surface area contributed by atoms with Crippen LogP contribution >= 0.6 is 0 Å². The van der Waals surface area contributed by atoms with E-state index in [1.54, 1.807) is 0 Å². The van der Waals surface area contributed by atoms with E-state index in [9.17, 15) is 18.0 Å². The van der Waals surface area contributed by atoms with Crippen LogP contribution in [0.3, 0.4) is 0 Å². The van der Waals surface area contributed by atoms with Crippen molar-refractivity contribution in [1.82, 2.24) is 4.57 Å². The van der Waals surface area contributed by atoms with Gasteiger partial charge in [-0.3, -0.25) is 0 Å². The molecule has 1 rings (SSSR count). The number of aromatic hydroxyl groups is 1. The van der Waals surface area contributed by atoms with Gasteiger partial charge in [0.05, 0.1) is 0 Å². The largest absolute Gasteiger partial charge is 0.505 e. The summed E-state index contributed by atoms with van der Waals surface area (Å²) in [5.41, 5.74) is -1.98. The third kappa shape index (κ3) is 1.52. The number of alkyl halides is 3. The summed E-state index contributed by atoms with van der Waals surface area (Å²) < 4.78 is 36.9. The lowest BCUT2D eigenvalue weighted by Crippen LogP contribution is -2.14. The van der Waals surface area contributed by atoms with E-state index in [1.807, 2.05) is 0 Å². The molecule has 0 saturated carbocycles. The van der Waals surface area contributed by atoms with Gasteiger partial charge in [0.25, 0.3) is 0 Å². The lowest BCUT2D eigenvalue weighted by Gasteiger charge is -2.07. The average molecular weight is 209 g/mol. The predicted molar refractivity (Wildman–Crippen MR) is 39.0 cm³/mol. The summed E-state index contributed by atoms with van der Waals surface area (Å²) in [4.78, 5) is 10.4. The van der Waals surface area contributed by atoms with E-state index in [-0.39, 0.29) is 0 Å². The highest BCUT2D eigenvalue weighted by molar-refractivity contribution is 5.89. The molecule has 0 saturated heterocycles. The van der Waals surface area contributed by atoms with Gasteiger partial charge in [-0.1, -0.05) is 0 Å². The van der Waals surface area contributed by atoms with E-state index in [4.69, 9.17) is 10.2 Å². The molecular formula is C7H6F3NO3. The summed E-state index contributed by atoms with van der Waals surface area (Å²) in [5.74, 6) is -2.51. The van der Waals surface area contributed by atoms with Crippen LogP contribution < -0.4 is 0 Å². The van der Waals surface area contributed by atoms with Crippen LogP contribution in [0.25, 0.3) is 0 Å². The molecule has 0 atom stereocenters. The van der Waals surface area contributed by atoms with Gasteiger partial charge >= 0.3 is 12.1 Å². The fraction of sp³-hybridized carbons (Fsp3) is 0.286. The highest BCUT2D eigenvalue weighted by atomic mass is 19.4. The number of halogens is 3. The molecule has 1 aromatic rings. The third-order valence-corrected chi connectivity index (χ3v) is 1.71. The van der Waals surface area contributed by atoms with Crippen molar-refractivity contribution < 1.29 is 28.2 Å². The van der Waals surface area contributed by atoms with Gasteiger partial charge < -0.3 is 14.8 Å². The summed E-state index contributed by atoms with van der Waals surface area (Å²) in [5, 5.41) is 17.4. The zero-order valence-corrected chi connectivity index (χ0v) is 6.96. The molecule has 78 valence electrons. The number of carboxylic acids is 1. The number of aromatic carboxylic acids is 1. The smallest absolute Gasteiger partial charge is 0.431 e. The third-order valence-electron chi connectivity index (χ3n) is 1.71. The Morgan fingerprint density at radius 2 is 2.00 bits per heavy atom. The van der Waals surface area contributed by atoms with Crippen molar-refractivity contribution in [3.8, 4) is 5.75 Å². The minimum atomic E-state index is -4.68. The summed E-state index contributed by atoms with van der Waals surface area (Å²) >= 11 is 0. The monoisotopic (exact) mass is 209 g/mol. The second-order valence-corrected chi connectivity index (χ2v) is 2.63. The molecule has 0 spiro atoms. The molecule has 0 bridgehead atoms. The van der Waals surface area contributed by atoms with E-state index in [1.165, 1.54) is 0 Å². The van der Waals surface area contributed by atoms with Crippen molar-refractivity contribution >= 4 is 5.97 Å². The summed E-state index contributed by atoms with van der Waals surface area (Å²) in [6.45, 7) is 0. The number of aromatic nitrogens is 1. The first-order valence-electron chi connectivity index (χ1n) is 3.44. The highest BCUT2D eigenvalue weighted by Crippen LogP contribution is 2.34. The van der Waals surface area contributed by atoms with Gasteiger partial charge in [0.15, 0.2) is 5.69 Å². The van der Waals surface area contributed by atoms with Crippen molar-refractivity contribution in [2.24, 2.45) is 7.05 Å². The molecule has 4 nitrogen and oxygen atoms in total. The fourth-order valence-corrected chi connectivity index (χ4v) is 1.11. The van der Waals surface area contributed by atoms with Gasteiger partial charge in [0.2, 0.25) is 0 Å². The summed E-state index contributed by atoms with van der Waals surface area (Å²) in [6.07, 6.45) is -4.68. The topological polar surface area (TPSA) is 62.5 Å². The SMILES string of the molecule is Cn1c(C(F)(F)F)cc(O)c1C(=O)O. The molecule has 2 N–H and O–H groups in total. The number of carbonyl (C=O) groups is 1. The van der Waals surface area contributed by atoms with Crippen LogP contribution in [0.2, 0.25) is 0 Å². The molecule has 1 aromatic heterocycles. The molecule has 0 aromatic carbocycles. The molecule has 7 heteroatoms. The number of nitrogens with zero attached hydrogens (tertiary/aromatic N) is 1. The minimum Gasteiger partial charge on any atom is -0.505 e. The number of rotatable bonds is 1. The van der Waals surface area contributed by atoms with Crippen LogP contribution in [0.4, 0.5) is 13.2 Å². The van der Waals surface area contributed by atoms with Crippen LogP contribution in [0.5, 0.6) is 5.75 Å². The number of hydrogen-bond acceptors (Lipinski definition) is 2. The van der Waals surface area contributed by atoms with Crippen LogP contribution in [0, 0.1) is 0 Å². The standard InChI is InChI=1S/C7H6F3NO3/c1-11-4(7(8,9)10)2-3(12)5(11)6(13)14/h2,12H,1H3,(H,13,14). The second-order valence-electron chi connectivity index (χ2n) is 2.63. The Labute approximate surface area is 76.2 Å². The van der Waals surface area contributed by atoms with Crippen molar-refractivity contribution in [3.05, 3.63) is 17.5 Å². The van der Waals surface area contributed by atoms with Crippen molar-refractivity contribution in [1.29, 1.82) is 0 Å². The summed E-state index contributed by atoms with van der Waals surface area (Å²) in [7, 11) is 0.923. The molecule has 0 aliphatic rings. The second kappa shape index (κ2) is 2.93. The van der Waals surface area contributed by atoms with E-state index in [2.05, 4.69) is 0 Å². The van der Waals surface area contributed by atoms with Gasteiger partial charge in [-0.2, -0.15) is 13.2 Å². The Morgan fingerprint density at radius 1 is 1.50 bits per heavy atom. The molecule has 0 fully saturated rings. The van der Waals surface area contributed by atoms with E-state index in [0.29, 0.717) is 10.6 Å². The maximum absolute atomic E-state index is 12.2. The highest BCUT2D eigenvalue weighted by Gasteiger charge is 2.37.